The number of hydrogen-bond acceptors (Lipinski definition) is 5. The summed E-state index contributed by atoms with van der Waals surface area (Å²) in [5, 5.41) is 2.84. The number of aromatic nitrogens is 2. The highest BCUT2D eigenvalue weighted by Gasteiger charge is 2.14. The number of rotatable bonds is 3. The van der Waals surface area contributed by atoms with Gasteiger partial charge in [-0.25, -0.2) is 14.4 Å². The highest BCUT2D eigenvalue weighted by molar-refractivity contribution is 8.00. The van der Waals surface area contributed by atoms with Crippen molar-refractivity contribution in [3.8, 4) is 0 Å². The Hall–Kier alpha value is -1.63. The summed E-state index contributed by atoms with van der Waals surface area (Å²) in [4.78, 5) is 10.3. The number of nitrogens with zero attached hydrogens (tertiary/aromatic N) is 2. The molecule has 2 nitrogen and oxygen atoms in total. The van der Waals surface area contributed by atoms with Gasteiger partial charge in [0, 0.05) is 15.0 Å². The minimum atomic E-state index is -0.228. The summed E-state index contributed by atoms with van der Waals surface area (Å²) in [7, 11) is 0. The first-order chi connectivity index (χ1) is 11.2. The highest BCUT2D eigenvalue weighted by Crippen LogP contribution is 2.40. The fourth-order valence-corrected chi connectivity index (χ4v) is 4.84. The summed E-state index contributed by atoms with van der Waals surface area (Å²) in [6.45, 7) is 0. The Bertz CT molecular complexity index is 996. The van der Waals surface area contributed by atoms with Gasteiger partial charge < -0.3 is 0 Å². The lowest BCUT2D eigenvalue weighted by atomic mass is 10.2. The summed E-state index contributed by atoms with van der Waals surface area (Å²) in [6, 6.07) is 14.8. The maximum absolute atomic E-state index is 13.1. The van der Waals surface area contributed by atoms with Gasteiger partial charge in [0.15, 0.2) is 5.16 Å². The van der Waals surface area contributed by atoms with Gasteiger partial charge in [-0.1, -0.05) is 41.7 Å². The van der Waals surface area contributed by atoms with E-state index in [2.05, 4.69) is 22.1 Å². The third kappa shape index (κ3) is 2.82. The molecule has 0 saturated carbocycles. The summed E-state index contributed by atoms with van der Waals surface area (Å²) in [5.74, 6) is -0.228. The van der Waals surface area contributed by atoms with Gasteiger partial charge in [0.25, 0.3) is 0 Å². The van der Waals surface area contributed by atoms with Crippen LogP contribution >= 0.6 is 34.9 Å². The van der Waals surface area contributed by atoms with E-state index in [1.807, 2.05) is 18.4 Å². The number of thiophene rings is 1. The Morgan fingerprint density at radius 2 is 1.78 bits per heavy atom. The zero-order valence-electron chi connectivity index (χ0n) is 12.1. The summed E-state index contributed by atoms with van der Waals surface area (Å²) in [5.41, 5.74) is 0.995. The average molecular weight is 358 g/mol. The molecule has 0 aliphatic carbocycles. The molecule has 2 aromatic heterocycles. The molecule has 0 amide bonds. The summed E-state index contributed by atoms with van der Waals surface area (Å²) >= 11 is 4.78. The van der Waals surface area contributed by atoms with Crippen LogP contribution in [0.1, 0.15) is 0 Å². The first kappa shape index (κ1) is 14.9. The predicted molar refractivity (Wildman–Crippen MR) is 97.2 cm³/mol. The van der Waals surface area contributed by atoms with Gasteiger partial charge in [0.1, 0.15) is 10.8 Å². The van der Waals surface area contributed by atoms with Crippen LogP contribution in [-0.4, -0.2) is 16.2 Å². The molecular formula is C17H11FN2S3. The van der Waals surface area contributed by atoms with E-state index in [-0.39, 0.29) is 5.82 Å². The van der Waals surface area contributed by atoms with Crippen molar-refractivity contribution in [2.45, 2.75) is 15.1 Å². The van der Waals surface area contributed by atoms with Crippen LogP contribution in [0.3, 0.4) is 0 Å². The van der Waals surface area contributed by atoms with Crippen molar-refractivity contribution in [2.75, 3.05) is 6.26 Å². The molecule has 2 heterocycles. The molecule has 4 aromatic rings. The van der Waals surface area contributed by atoms with Gasteiger partial charge in [-0.05, 0) is 36.6 Å². The summed E-state index contributed by atoms with van der Waals surface area (Å²) in [6.07, 6.45) is 1.97. The molecule has 0 radical (unpaired) electrons. The Labute approximate surface area is 145 Å². The molecule has 0 aliphatic rings. The van der Waals surface area contributed by atoms with Crippen LogP contribution < -0.4 is 0 Å². The van der Waals surface area contributed by atoms with Gasteiger partial charge >= 0.3 is 0 Å². The first-order valence-electron chi connectivity index (χ1n) is 6.91. The highest BCUT2D eigenvalue weighted by atomic mass is 32.2. The van der Waals surface area contributed by atoms with Crippen molar-refractivity contribution in [2.24, 2.45) is 0 Å². The van der Waals surface area contributed by atoms with E-state index in [9.17, 15) is 4.39 Å². The Kier molecular flexibility index (Phi) is 3.97. The van der Waals surface area contributed by atoms with E-state index < -0.39 is 0 Å². The fourth-order valence-electron chi connectivity index (χ4n) is 2.32. The topological polar surface area (TPSA) is 25.8 Å². The second-order valence-corrected chi connectivity index (χ2v) is 7.74. The lowest BCUT2D eigenvalue weighted by molar-refractivity contribution is 0.626. The minimum absolute atomic E-state index is 0.228. The molecule has 4 rings (SSSR count). The molecule has 0 atom stereocenters. The standard InChI is InChI=1S/C17H11FN2S3/c1-21-17-19-14-12-4-2-3-5-13(12)23-15(14)16(20-17)22-11-8-6-10(18)7-9-11/h2-9H,1H3. The molecule has 6 heteroatoms. The van der Waals surface area contributed by atoms with Crippen LogP contribution in [0.4, 0.5) is 4.39 Å². The Morgan fingerprint density at radius 1 is 1.00 bits per heavy atom. The van der Waals surface area contributed by atoms with E-state index >= 15 is 0 Å². The number of fused-ring (bicyclic) bond motifs is 3. The second kappa shape index (κ2) is 6.11. The summed E-state index contributed by atoms with van der Waals surface area (Å²) < 4.78 is 15.4. The van der Waals surface area contributed by atoms with Crippen molar-refractivity contribution in [1.29, 1.82) is 0 Å². The van der Waals surface area contributed by atoms with E-state index in [0.717, 1.165) is 30.7 Å². The van der Waals surface area contributed by atoms with Crippen LogP contribution in [0, 0.1) is 5.82 Å². The van der Waals surface area contributed by atoms with Crippen molar-refractivity contribution >= 4 is 55.2 Å². The van der Waals surface area contributed by atoms with Crippen molar-refractivity contribution in [3.05, 3.63) is 54.3 Å². The van der Waals surface area contributed by atoms with Crippen LogP contribution in [-0.2, 0) is 0 Å². The fraction of sp³-hybridized carbons (Fsp3) is 0.0588. The maximum atomic E-state index is 13.1. The Morgan fingerprint density at radius 3 is 2.57 bits per heavy atom. The van der Waals surface area contributed by atoms with Gasteiger partial charge in [-0.2, -0.15) is 0 Å². The van der Waals surface area contributed by atoms with Gasteiger partial charge in [-0.3, -0.25) is 0 Å². The largest absolute Gasteiger partial charge is 0.221 e. The minimum Gasteiger partial charge on any atom is -0.221 e. The van der Waals surface area contributed by atoms with Gasteiger partial charge in [0.2, 0.25) is 0 Å². The van der Waals surface area contributed by atoms with E-state index in [4.69, 9.17) is 0 Å². The molecule has 0 saturated heterocycles. The van der Waals surface area contributed by atoms with Crippen molar-refractivity contribution in [3.63, 3.8) is 0 Å². The van der Waals surface area contributed by atoms with E-state index in [0.29, 0.717) is 0 Å². The third-order valence-electron chi connectivity index (χ3n) is 3.38. The van der Waals surface area contributed by atoms with Gasteiger partial charge in [-0.15, -0.1) is 11.3 Å². The normalized spacial score (nSPS) is 11.4. The predicted octanol–water partition coefficient (Wildman–Crippen LogP) is 5.86. The molecule has 0 N–H and O–H groups in total. The number of thioether (sulfide) groups is 1. The molecule has 2 aromatic carbocycles. The monoisotopic (exact) mass is 358 g/mol. The number of benzene rings is 2. The zero-order chi connectivity index (χ0) is 15.8. The third-order valence-corrected chi connectivity index (χ3v) is 6.22. The molecule has 0 aliphatic heterocycles. The average Bonchev–Trinajstić information content (AvgIpc) is 2.96. The quantitative estimate of drug-likeness (QED) is 0.260. The lowest BCUT2D eigenvalue weighted by Gasteiger charge is -2.04. The second-order valence-electron chi connectivity index (χ2n) is 4.85. The van der Waals surface area contributed by atoms with Gasteiger partial charge in [0.05, 0.1) is 10.2 Å². The van der Waals surface area contributed by atoms with Crippen LogP contribution in [0.5, 0.6) is 0 Å². The molecule has 114 valence electrons. The van der Waals surface area contributed by atoms with Crippen LogP contribution in [0.15, 0.2) is 63.6 Å². The SMILES string of the molecule is CSc1nc(Sc2ccc(F)cc2)c2sc3ccccc3c2n1. The number of halogens is 1. The maximum Gasteiger partial charge on any atom is 0.189 e. The molecular weight excluding hydrogens is 347 g/mol. The molecule has 0 fully saturated rings. The lowest BCUT2D eigenvalue weighted by Crippen LogP contribution is -1.89. The smallest absolute Gasteiger partial charge is 0.189 e. The molecule has 0 bridgehead atoms. The molecule has 23 heavy (non-hydrogen) atoms. The van der Waals surface area contributed by atoms with E-state index in [1.54, 1.807) is 35.2 Å². The van der Waals surface area contributed by atoms with Crippen LogP contribution in [0.2, 0.25) is 0 Å². The number of hydrogen-bond donors (Lipinski definition) is 0. The Balaban J connectivity index is 1.91. The van der Waals surface area contributed by atoms with Crippen molar-refractivity contribution < 1.29 is 4.39 Å². The first-order valence-corrected chi connectivity index (χ1v) is 9.77. The van der Waals surface area contributed by atoms with Crippen molar-refractivity contribution in [1.82, 2.24) is 9.97 Å². The van der Waals surface area contributed by atoms with E-state index in [1.165, 1.54) is 28.6 Å². The molecule has 0 spiro atoms. The van der Waals surface area contributed by atoms with Crippen LogP contribution in [0.25, 0.3) is 20.3 Å². The molecule has 0 unspecified atom stereocenters. The zero-order valence-corrected chi connectivity index (χ0v) is 14.6.